The SMILES string of the molecule is COc1ccc(CCNC(=S)NNC(=O)c2cc(-c3ccco3)nc3ccccc23)cc1. The third kappa shape index (κ3) is 5.04. The molecule has 0 radical (unpaired) electrons. The van der Waals surface area contributed by atoms with Gasteiger partial charge in [-0.05, 0) is 60.6 Å². The van der Waals surface area contributed by atoms with Crippen molar-refractivity contribution in [1.82, 2.24) is 21.2 Å². The number of aromatic nitrogens is 1. The summed E-state index contributed by atoms with van der Waals surface area (Å²) in [4.78, 5) is 17.5. The first-order valence-corrected chi connectivity index (χ1v) is 10.5. The summed E-state index contributed by atoms with van der Waals surface area (Å²) in [5, 5.41) is 4.15. The number of furan rings is 1. The summed E-state index contributed by atoms with van der Waals surface area (Å²) in [6.07, 6.45) is 2.35. The highest BCUT2D eigenvalue weighted by molar-refractivity contribution is 7.80. The van der Waals surface area contributed by atoms with E-state index in [9.17, 15) is 4.79 Å². The van der Waals surface area contributed by atoms with Crippen LogP contribution in [0.25, 0.3) is 22.4 Å². The summed E-state index contributed by atoms with van der Waals surface area (Å²) in [5.41, 5.74) is 8.32. The van der Waals surface area contributed by atoms with Crippen molar-refractivity contribution < 1.29 is 13.9 Å². The molecule has 0 aliphatic heterocycles. The number of hydrazine groups is 1. The van der Waals surface area contributed by atoms with Gasteiger partial charge in [-0.3, -0.25) is 15.6 Å². The number of ether oxygens (including phenoxy) is 1. The average Bonchev–Trinajstić information content (AvgIpc) is 3.37. The number of nitrogens with zero attached hydrogens (tertiary/aromatic N) is 1. The number of thiocarbonyl (C=S) groups is 1. The highest BCUT2D eigenvalue weighted by atomic mass is 32.1. The van der Waals surface area contributed by atoms with Crippen LogP contribution in [0.2, 0.25) is 0 Å². The molecule has 0 spiro atoms. The molecular weight excluding hydrogens is 424 g/mol. The second-order valence-electron chi connectivity index (χ2n) is 6.98. The maximum Gasteiger partial charge on any atom is 0.270 e. The van der Waals surface area contributed by atoms with E-state index in [1.807, 2.05) is 48.5 Å². The third-order valence-corrected chi connectivity index (χ3v) is 5.13. The standard InChI is InChI=1S/C24H22N4O3S/c1-30-17-10-8-16(9-11-17)12-13-25-24(32)28-27-23(29)19-15-21(22-7-4-14-31-22)26-20-6-3-2-5-18(19)20/h2-11,14-15H,12-13H2,1H3,(H,27,29)(H2,25,28,32). The predicted octanol–water partition coefficient (Wildman–Crippen LogP) is 3.86. The van der Waals surface area contributed by atoms with Crippen LogP contribution in [-0.4, -0.2) is 29.7 Å². The first kappa shape index (κ1) is 21.3. The molecule has 0 aliphatic carbocycles. The van der Waals surface area contributed by atoms with E-state index in [0.717, 1.165) is 23.1 Å². The highest BCUT2D eigenvalue weighted by Crippen LogP contribution is 2.25. The molecule has 4 aromatic rings. The van der Waals surface area contributed by atoms with Gasteiger partial charge in [0.1, 0.15) is 11.4 Å². The number of benzene rings is 2. The van der Waals surface area contributed by atoms with Crippen LogP contribution in [0, 0.1) is 0 Å². The molecular formula is C24H22N4O3S. The van der Waals surface area contributed by atoms with Crippen molar-refractivity contribution in [2.75, 3.05) is 13.7 Å². The van der Waals surface area contributed by atoms with Crippen molar-refractivity contribution in [2.45, 2.75) is 6.42 Å². The van der Waals surface area contributed by atoms with Gasteiger partial charge in [-0.15, -0.1) is 0 Å². The van der Waals surface area contributed by atoms with Crippen LogP contribution in [0.1, 0.15) is 15.9 Å². The molecule has 1 amide bonds. The van der Waals surface area contributed by atoms with E-state index in [4.69, 9.17) is 21.4 Å². The van der Waals surface area contributed by atoms with Crippen LogP contribution >= 0.6 is 12.2 Å². The molecule has 0 bridgehead atoms. The first-order chi connectivity index (χ1) is 15.6. The Bertz CT molecular complexity index is 1220. The van der Waals surface area contributed by atoms with Crippen LogP contribution in [0.15, 0.2) is 77.4 Å². The van der Waals surface area contributed by atoms with Gasteiger partial charge in [0.15, 0.2) is 10.9 Å². The van der Waals surface area contributed by atoms with Crippen molar-refractivity contribution in [3.8, 4) is 17.2 Å². The van der Waals surface area contributed by atoms with E-state index in [1.54, 1.807) is 31.6 Å². The summed E-state index contributed by atoms with van der Waals surface area (Å²) in [6, 6.07) is 20.6. The van der Waals surface area contributed by atoms with Gasteiger partial charge in [-0.25, -0.2) is 4.98 Å². The van der Waals surface area contributed by atoms with Gasteiger partial charge in [-0.2, -0.15) is 0 Å². The normalized spacial score (nSPS) is 10.5. The summed E-state index contributed by atoms with van der Waals surface area (Å²) in [7, 11) is 1.64. The van der Waals surface area contributed by atoms with Crippen molar-refractivity contribution in [1.29, 1.82) is 0 Å². The third-order valence-electron chi connectivity index (χ3n) is 4.88. The number of para-hydroxylation sites is 1. The molecule has 0 aliphatic rings. The summed E-state index contributed by atoms with van der Waals surface area (Å²) < 4.78 is 10.6. The fourth-order valence-corrected chi connectivity index (χ4v) is 3.40. The Morgan fingerprint density at radius 1 is 1.06 bits per heavy atom. The molecule has 0 unspecified atom stereocenters. The van der Waals surface area contributed by atoms with Crippen molar-refractivity contribution in [3.05, 3.63) is 84.1 Å². The fraction of sp³-hybridized carbons (Fsp3) is 0.125. The van der Waals surface area contributed by atoms with Crippen molar-refractivity contribution in [2.24, 2.45) is 0 Å². The Hall–Kier alpha value is -3.91. The van der Waals surface area contributed by atoms with E-state index in [2.05, 4.69) is 21.2 Å². The van der Waals surface area contributed by atoms with Crippen LogP contribution in [0.4, 0.5) is 0 Å². The number of pyridine rings is 1. The zero-order valence-corrected chi connectivity index (χ0v) is 18.2. The van der Waals surface area contributed by atoms with E-state index in [0.29, 0.717) is 34.2 Å². The second kappa shape index (κ2) is 9.93. The highest BCUT2D eigenvalue weighted by Gasteiger charge is 2.15. The number of nitrogens with one attached hydrogen (secondary N) is 3. The van der Waals surface area contributed by atoms with E-state index in [-0.39, 0.29) is 5.91 Å². The van der Waals surface area contributed by atoms with E-state index < -0.39 is 0 Å². The maximum absolute atomic E-state index is 12.9. The molecule has 2 heterocycles. The predicted molar refractivity (Wildman–Crippen MR) is 127 cm³/mol. The second-order valence-corrected chi connectivity index (χ2v) is 7.39. The van der Waals surface area contributed by atoms with Gasteiger partial charge >= 0.3 is 0 Å². The number of methoxy groups -OCH3 is 1. The van der Waals surface area contributed by atoms with Crippen LogP contribution in [-0.2, 0) is 6.42 Å². The van der Waals surface area contributed by atoms with E-state index in [1.165, 1.54) is 0 Å². The van der Waals surface area contributed by atoms with Crippen molar-refractivity contribution in [3.63, 3.8) is 0 Å². The molecule has 3 N–H and O–H groups in total. The molecule has 0 saturated carbocycles. The number of hydrogen-bond donors (Lipinski definition) is 3. The minimum atomic E-state index is -0.323. The molecule has 0 fully saturated rings. The van der Waals surface area contributed by atoms with Crippen molar-refractivity contribution >= 4 is 34.1 Å². The monoisotopic (exact) mass is 446 g/mol. The van der Waals surface area contributed by atoms with E-state index >= 15 is 0 Å². The smallest absolute Gasteiger partial charge is 0.270 e. The Morgan fingerprint density at radius 2 is 1.88 bits per heavy atom. The number of rotatable bonds is 6. The molecule has 7 nitrogen and oxygen atoms in total. The molecule has 2 aromatic heterocycles. The minimum absolute atomic E-state index is 0.323. The zero-order valence-electron chi connectivity index (χ0n) is 17.4. The van der Waals surface area contributed by atoms with Crippen LogP contribution in [0.5, 0.6) is 5.75 Å². The summed E-state index contributed by atoms with van der Waals surface area (Å²) in [6.45, 7) is 0.620. The molecule has 0 saturated heterocycles. The number of carbonyl (C=O) groups excluding carboxylic acids is 1. The number of fused-ring (bicyclic) bond motifs is 1. The van der Waals surface area contributed by atoms with Gasteiger partial charge in [0.2, 0.25) is 0 Å². The Balaban J connectivity index is 1.37. The van der Waals surface area contributed by atoms with Gasteiger partial charge in [0.05, 0.1) is 24.5 Å². The quantitative estimate of drug-likeness (QED) is 0.306. The van der Waals surface area contributed by atoms with Crippen LogP contribution < -0.4 is 20.9 Å². The van der Waals surface area contributed by atoms with Crippen LogP contribution in [0.3, 0.4) is 0 Å². The Kier molecular flexibility index (Phi) is 6.62. The average molecular weight is 447 g/mol. The first-order valence-electron chi connectivity index (χ1n) is 10.0. The number of carbonyl (C=O) groups is 1. The maximum atomic E-state index is 12.9. The van der Waals surface area contributed by atoms with Gasteiger partial charge in [0.25, 0.3) is 5.91 Å². The zero-order chi connectivity index (χ0) is 22.3. The lowest BCUT2D eigenvalue weighted by Gasteiger charge is -2.13. The Morgan fingerprint density at radius 3 is 2.62 bits per heavy atom. The largest absolute Gasteiger partial charge is 0.497 e. The van der Waals surface area contributed by atoms with Gasteiger partial charge in [-0.1, -0.05) is 30.3 Å². The number of amides is 1. The number of hydrogen-bond acceptors (Lipinski definition) is 5. The molecule has 162 valence electrons. The summed E-state index contributed by atoms with van der Waals surface area (Å²) in [5.74, 6) is 1.09. The molecule has 8 heteroatoms. The minimum Gasteiger partial charge on any atom is -0.497 e. The molecule has 4 rings (SSSR count). The molecule has 32 heavy (non-hydrogen) atoms. The summed E-state index contributed by atoms with van der Waals surface area (Å²) >= 11 is 5.28. The lowest BCUT2D eigenvalue weighted by Crippen LogP contribution is -2.47. The van der Waals surface area contributed by atoms with Gasteiger partial charge in [0, 0.05) is 11.9 Å². The lowest BCUT2D eigenvalue weighted by molar-refractivity contribution is 0.0945. The molecule has 2 aromatic carbocycles. The topological polar surface area (TPSA) is 88.4 Å². The fourth-order valence-electron chi connectivity index (χ4n) is 3.25. The molecule has 0 atom stereocenters. The lowest BCUT2D eigenvalue weighted by atomic mass is 10.1. The Labute approximate surface area is 190 Å². The van der Waals surface area contributed by atoms with Gasteiger partial charge < -0.3 is 14.5 Å².